The highest BCUT2D eigenvalue weighted by atomic mass is 19.4. The molecular formula is C8H13F3N4O. The van der Waals surface area contributed by atoms with Gasteiger partial charge in [-0.05, 0) is 0 Å². The van der Waals surface area contributed by atoms with E-state index in [1.165, 1.54) is 7.11 Å². The van der Waals surface area contributed by atoms with Gasteiger partial charge in [0.1, 0.15) is 5.66 Å². The highest BCUT2D eigenvalue weighted by molar-refractivity contribution is 5.81. The van der Waals surface area contributed by atoms with Crippen molar-refractivity contribution in [1.29, 1.82) is 0 Å². The van der Waals surface area contributed by atoms with E-state index in [2.05, 4.69) is 10.3 Å². The van der Waals surface area contributed by atoms with Crippen LogP contribution in [0.15, 0.2) is 16.8 Å². The lowest BCUT2D eigenvalue weighted by Gasteiger charge is -2.32. The number of nitrogens with two attached hydrogens (primary N) is 2. The molecule has 1 heterocycles. The number of rotatable bonds is 3. The minimum absolute atomic E-state index is 0.0562. The zero-order chi connectivity index (χ0) is 12.4. The molecule has 8 heteroatoms. The second kappa shape index (κ2) is 4.30. The Bertz CT molecular complexity index is 326. The normalized spacial score (nSPS) is 25.8. The lowest BCUT2D eigenvalue weighted by Crippen LogP contribution is -2.52. The number of halogens is 3. The van der Waals surface area contributed by atoms with Crippen LogP contribution < -0.4 is 16.8 Å². The van der Waals surface area contributed by atoms with Crippen LogP contribution in [-0.4, -0.2) is 31.5 Å². The summed E-state index contributed by atoms with van der Waals surface area (Å²) in [7, 11) is 1.37. The van der Waals surface area contributed by atoms with Gasteiger partial charge in [-0.1, -0.05) is 0 Å². The van der Waals surface area contributed by atoms with Crippen LogP contribution in [0.3, 0.4) is 0 Å². The Morgan fingerprint density at radius 1 is 1.56 bits per heavy atom. The molecule has 0 radical (unpaired) electrons. The summed E-state index contributed by atoms with van der Waals surface area (Å²) in [6.45, 7) is 0.0562. The van der Waals surface area contributed by atoms with E-state index in [0.717, 1.165) is 6.20 Å². The molecule has 0 saturated carbocycles. The van der Waals surface area contributed by atoms with Gasteiger partial charge < -0.3 is 21.5 Å². The first-order chi connectivity index (χ1) is 7.29. The van der Waals surface area contributed by atoms with E-state index in [1.54, 1.807) is 0 Å². The Labute approximate surface area is 90.3 Å². The minimum atomic E-state index is -4.56. The zero-order valence-corrected chi connectivity index (χ0v) is 8.64. The molecule has 5 N–H and O–H groups in total. The van der Waals surface area contributed by atoms with Crippen molar-refractivity contribution in [3.8, 4) is 0 Å². The molecule has 0 fully saturated rings. The molecule has 92 valence electrons. The van der Waals surface area contributed by atoms with Crippen molar-refractivity contribution >= 4 is 5.96 Å². The summed E-state index contributed by atoms with van der Waals surface area (Å²) in [6.07, 6.45) is -3.92. The van der Waals surface area contributed by atoms with Crippen molar-refractivity contribution in [3.63, 3.8) is 0 Å². The van der Waals surface area contributed by atoms with Gasteiger partial charge >= 0.3 is 6.18 Å². The molecular weight excluding hydrogens is 225 g/mol. The molecule has 0 aromatic heterocycles. The fraction of sp³-hybridized carbons (Fsp3) is 0.625. The number of hydrogen-bond donors (Lipinski definition) is 3. The fourth-order valence-corrected chi connectivity index (χ4v) is 1.35. The summed E-state index contributed by atoms with van der Waals surface area (Å²) in [5, 5.41) is 2.20. The Morgan fingerprint density at radius 3 is 2.69 bits per heavy atom. The molecule has 0 bridgehead atoms. The summed E-state index contributed by atoms with van der Waals surface area (Å²) in [6, 6.07) is 0. The number of hydrogen-bond acceptors (Lipinski definition) is 5. The van der Waals surface area contributed by atoms with Crippen LogP contribution in [0.4, 0.5) is 13.2 Å². The lowest BCUT2D eigenvalue weighted by atomic mass is 9.97. The third-order valence-corrected chi connectivity index (χ3v) is 2.14. The van der Waals surface area contributed by atoms with Crippen LogP contribution >= 0.6 is 0 Å². The van der Waals surface area contributed by atoms with Gasteiger partial charge in [-0.15, -0.1) is 0 Å². The summed E-state index contributed by atoms with van der Waals surface area (Å²) in [5.74, 6) is -0.147. The van der Waals surface area contributed by atoms with Crippen molar-refractivity contribution < 1.29 is 17.9 Å². The Morgan fingerprint density at radius 2 is 2.19 bits per heavy atom. The zero-order valence-electron chi connectivity index (χ0n) is 8.64. The van der Waals surface area contributed by atoms with E-state index in [4.69, 9.17) is 16.2 Å². The third-order valence-electron chi connectivity index (χ3n) is 2.14. The monoisotopic (exact) mass is 238 g/mol. The molecule has 1 atom stereocenters. The van der Waals surface area contributed by atoms with Crippen LogP contribution in [0.5, 0.6) is 0 Å². The fourth-order valence-electron chi connectivity index (χ4n) is 1.35. The first-order valence-corrected chi connectivity index (χ1v) is 4.47. The molecule has 16 heavy (non-hydrogen) atoms. The average Bonchev–Trinajstić information content (AvgIpc) is 2.12. The molecule has 0 amide bonds. The number of aliphatic imine (C=N–C) groups is 1. The maximum atomic E-state index is 12.7. The maximum Gasteiger partial charge on any atom is 0.417 e. The molecule has 0 aliphatic carbocycles. The number of nitrogens with one attached hydrogen (secondary N) is 1. The van der Waals surface area contributed by atoms with Crippen LogP contribution in [0, 0.1) is 0 Å². The second-order valence-electron chi connectivity index (χ2n) is 3.36. The summed E-state index contributed by atoms with van der Waals surface area (Å²) in [5.41, 5.74) is 8.03. The van der Waals surface area contributed by atoms with Crippen LogP contribution in [-0.2, 0) is 4.74 Å². The molecule has 5 nitrogen and oxygen atoms in total. The summed E-state index contributed by atoms with van der Waals surface area (Å²) < 4.78 is 42.7. The Kier molecular flexibility index (Phi) is 3.44. The predicted octanol–water partition coefficient (Wildman–Crippen LogP) is 0.0420. The van der Waals surface area contributed by atoms with Gasteiger partial charge in [-0.25, -0.2) is 4.99 Å². The number of alkyl halides is 3. The van der Waals surface area contributed by atoms with Crippen molar-refractivity contribution in [3.05, 3.63) is 11.8 Å². The van der Waals surface area contributed by atoms with Crippen LogP contribution in [0.1, 0.15) is 6.42 Å². The van der Waals surface area contributed by atoms with E-state index < -0.39 is 17.4 Å². The van der Waals surface area contributed by atoms with E-state index in [0.29, 0.717) is 0 Å². The molecule has 0 aromatic rings. The molecule has 0 aromatic carbocycles. The van der Waals surface area contributed by atoms with Gasteiger partial charge in [-0.2, -0.15) is 13.2 Å². The summed E-state index contributed by atoms with van der Waals surface area (Å²) in [4.78, 5) is 3.59. The van der Waals surface area contributed by atoms with Crippen molar-refractivity contribution in [1.82, 2.24) is 5.32 Å². The van der Waals surface area contributed by atoms with Crippen LogP contribution in [0.2, 0.25) is 0 Å². The quantitative estimate of drug-likeness (QED) is 0.648. The number of methoxy groups -OCH3 is 1. The van der Waals surface area contributed by atoms with Gasteiger partial charge in [0.25, 0.3) is 0 Å². The SMILES string of the molecule is COCCC1(N)N=C(N)NC=C1C(F)(F)F. The number of ether oxygens (including phenoxy) is 1. The van der Waals surface area contributed by atoms with E-state index in [9.17, 15) is 13.2 Å². The topological polar surface area (TPSA) is 85.7 Å². The summed E-state index contributed by atoms with van der Waals surface area (Å²) >= 11 is 0. The minimum Gasteiger partial charge on any atom is -0.385 e. The van der Waals surface area contributed by atoms with Crippen LogP contribution in [0.25, 0.3) is 0 Å². The highest BCUT2D eigenvalue weighted by Gasteiger charge is 2.47. The van der Waals surface area contributed by atoms with Gasteiger partial charge in [0.2, 0.25) is 0 Å². The standard InChI is InChI=1S/C8H13F3N4O/c1-16-3-2-7(13)5(8(9,10)11)4-14-6(12)15-7/h4H,2-3,13H2,1H3,(H3,12,14,15). The average molecular weight is 238 g/mol. The molecule has 1 aliphatic heterocycles. The molecule has 1 rings (SSSR count). The number of nitrogens with zero attached hydrogens (tertiary/aromatic N) is 1. The first-order valence-electron chi connectivity index (χ1n) is 4.47. The first kappa shape index (κ1) is 12.8. The third kappa shape index (κ3) is 2.64. The van der Waals surface area contributed by atoms with Gasteiger partial charge in [0.15, 0.2) is 5.96 Å². The Balaban J connectivity index is 2.98. The molecule has 0 saturated heterocycles. The van der Waals surface area contributed by atoms with Crippen molar-refractivity contribution in [2.24, 2.45) is 16.5 Å². The molecule has 1 unspecified atom stereocenters. The predicted molar refractivity (Wildman–Crippen MR) is 52.3 cm³/mol. The van der Waals surface area contributed by atoms with Gasteiger partial charge in [0, 0.05) is 19.7 Å². The lowest BCUT2D eigenvalue weighted by molar-refractivity contribution is -0.102. The molecule has 1 aliphatic rings. The van der Waals surface area contributed by atoms with E-state index >= 15 is 0 Å². The highest BCUT2D eigenvalue weighted by Crippen LogP contribution is 2.36. The maximum absolute atomic E-state index is 12.7. The largest absolute Gasteiger partial charge is 0.417 e. The van der Waals surface area contributed by atoms with E-state index in [1.807, 2.05) is 0 Å². The Hall–Kier alpha value is -1.28. The molecule has 0 spiro atoms. The van der Waals surface area contributed by atoms with Gasteiger partial charge in [0.05, 0.1) is 12.2 Å². The second-order valence-corrected chi connectivity index (χ2v) is 3.36. The van der Waals surface area contributed by atoms with E-state index in [-0.39, 0.29) is 19.0 Å². The van der Waals surface area contributed by atoms with Crippen molar-refractivity contribution in [2.45, 2.75) is 18.3 Å². The van der Waals surface area contributed by atoms with Crippen molar-refractivity contribution in [2.75, 3.05) is 13.7 Å². The number of guanidine groups is 1. The smallest absolute Gasteiger partial charge is 0.385 e. The van der Waals surface area contributed by atoms with Gasteiger partial charge in [-0.3, -0.25) is 0 Å².